The van der Waals surface area contributed by atoms with Crippen molar-refractivity contribution in [1.82, 2.24) is 0 Å². The average molecular weight is 985 g/mol. The molecule has 10 aliphatic rings. The van der Waals surface area contributed by atoms with Gasteiger partial charge in [0.2, 0.25) is 0 Å². The lowest BCUT2D eigenvalue weighted by Crippen LogP contribution is -2.22. The van der Waals surface area contributed by atoms with Crippen molar-refractivity contribution < 1.29 is 9.47 Å². The van der Waals surface area contributed by atoms with Gasteiger partial charge in [0.05, 0.1) is 37.0 Å². The summed E-state index contributed by atoms with van der Waals surface area (Å²) >= 11 is 0. The number of fused-ring (bicyclic) bond motifs is 4. The summed E-state index contributed by atoms with van der Waals surface area (Å²) in [6.07, 6.45) is 35.4. The molecule has 0 N–H and O–H groups in total. The molecule has 6 fully saturated rings. The van der Waals surface area contributed by atoms with Crippen LogP contribution < -0.4 is 9.80 Å². The molecule has 0 unspecified atom stereocenters. The highest BCUT2D eigenvalue weighted by atomic mass is 16.5. The first-order chi connectivity index (χ1) is 36.6. The Kier molecular flexibility index (Phi) is 14.0. The van der Waals surface area contributed by atoms with Gasteiger partial charge in [0.15, 0.2) is 0 Å². The van der Waals surface area contributed by atoms with Crippen LogP contribution in [-0.4, -0.2) is 14.2 Å². The van der Waals surface area contributed by atoms with Crippen molar-refractivity contribution in [3.05, 3.63) is 153 Å². The fraction of sp³-hybridized carbons (Fsp3) is 0.514. The van der Waals surface area contributed by atoms with Crippen molar-refractivity contribution in [3.8, 4) is 0 Å². The summed E-state index contributed by atoms with van der Waals surface area (Å²) in [5.74, 6) is 5.49. The molecule has 386 valence electrons. The maximum absolute atomic E-state index is 7.04. The number of hydrogen-bond acceptors (Lipinski definition) is 4. The third kappa shape index (κ3) is 9.04. The van der Waals surface area contributed by atoms with Gasteiger partial charge in [-0.2, -0.15) is 0 Å². The molecule has 0 amide bonds. The highest BCUT2D eigenvalue weighted by Gasteiger charge is 2.40. The minimum Gasteiger partial charge on any atom is -0.496 e. The molecule has 6 saturated carbocycles. The molecule has 0 radical (unpaired) electrons. The lowest BCUT2D eigenvalue weighted by molar-refractivity contribution is 0.358. The monoisotopic (exact) mass is 985 g/mol. The predicted molar refractivity (Wildman–Crippen MR) is 309 cm³/mol. The van der Waals surface area contributed by atoms with Crippen LogP contribution in [0.15, 0.2) is 108 Å². The van der Waals surface area contributed by atoms with E-state index in [1.54, 1.807) is 33.4 Å². The molecule has 6 aliphatic carbocycles. The Bertz CT molecular complexity index is 2650. The summed E-state index contributed by atoms with van der Waals surface area (Å²) in [6.45, 7) is 0. The van der Waals surface area contributed by atoms with Crippen molar-refractivity contribution in [2.24, 2.45) is 0 Å². The second-order valence-corrected chi connectivity index (χ2v) is 24.5. The van der Waals surface area contributed by atoms with Crippen LogP contribution in [0.4, 0.5) is 34.1 Å². The number of para-hydroxylation sites is 2. The molecule has 0 atom stereocenters. The second kappa shape index (κ2) is 21.4. The Morgan fingerprint density at radius 3 is 0.946 bits per heavy atom. The molecule has 5 aromatic carbocycles. The zero-order valence-electron chi connectivity index (χ0n) is 45.2. The molecule has 5 aromatic rings. The van der Waals surface area contributed by atoms with E-state index in [0.717, 1.165) is 62.9 Å². The first-order valence-electron chi connectivity index (χ1n) is 30.4. The van der Waals surface area contributed by atoms with Gasteiger partial charge >= 0.3 is 0 Å². The van der Waals surface area contributed by atoms with E-state index in [-0.39, 0.29) is 0 Å². The van der Waals surface area contributed by atoms with Crippen molar-refractivity contribution in [3.63, 3.8) is 0 Å². The summed E-state index contributed by atoms with van der Waals surface area (Å²) in [4.78, 5) is 5.58. The van der Waals surface area contributed by atoms with Crippen LogP contribution in [0.2, 0.25) is 0 Å². The number of allylic oxidation sites excluding steroid dienone is 2. The zero-order chi connectivity index (χ0) is 49.5. The molecule has 74 heavy (non-hydrogen) atoms. The van der Waals surface area contributed by atoms with Gasteiger partial charge in [-0.25, -0.2) is 0 Å². The predicted octanol–water partition coefficient (Wildman–Crippen LogP) is 20.9. The minimum absolute atomic E-state index is 0.466. The highest BCUT2D eigenvalue weighted by Crippen LogP contribution is 2.59. The van der Waals surface area contributed by atoms with Crippen LogP contribution in [0.3, 0.4) is 0 Å². The maximum Gasteiger partial charge on any atom is 0.127 e. The molecule has 4 nitrogen and oxygen atoms in total. The molecule has 4 aliphatic heterocycles. The van der Waals surface area contributed by atoms with Gasteiger partial charge in [-0.3, -0.25) is 0 Å². The third-order valence-electron chi connectivity index (χ3n) is 20.3. The maximum atomic E-state index is 7.04. The van der Waals surface area contributed by atoms with E-state index >= 15 is 0 Å². The Hall–Kier alpha value is -5.22. The molecular formula is C70H84N2O2. The van der Waals surface area contributed by atoms with E-state index < -0.39 is 0 Å². The Morgan fingerprint density at radius 2 is 0.635 bits per heavy atom. The number of nitrogens with zero attached hydrogens (tertiary/aromatic N) is 2. The van der Waals surface area contributed by atoms with Gasteiger partial charge < -0.3 is 19.3 Å². The normalized spacial score (nSPS) is 23.3. The van der Waals surface area contributed by atoms with Crippen molar-refractivity contribution in [1.29, 1.82) is 0 Å². The summed E-state index contributed by atoms with van der Waals surface area (Å²) in [5, 5.41) is 0. The largest absolute Gasteiger partial charge is 0.496 e. The van der Waals surface area contributed by atoms with Gasteiger partial charge in [0.25, 0.3) is 0 Å². The summed E-state index contributed by atoms with van der Waals surface area (Å²) < 4.78 is 14.1. The molecule has 4 heteroatoms. The molecular weight excluding hydrogens is 901 g/mol. The molecule has 0 aromatic heterocycles. The Morgan fingerprint density at radius 1 is 0.338 bits per heavy atom. The first kappa shape index (κ1) is 48.4. The number of ether oxygens (including phenoxy) is 2. The average Bonchev–Trinajstić information content (AvgIpc) is 3.55. The van der Waals surface area contributed by atoms with E-state index in [4.69, 9.17) is 9.47 Å². The molecule has 4 heterocycles. The van der Waals surface area contributed by atoms with Crippen molar-refractivity contribution in [2.45, 2.75) is 215 Å². The van der Waals surface area contributed by atoms with Crippen LogP contribution in [-0.2, 0) is 9.47 Å². The SMILES string of the molecule is COC1=C2CCC(CC2)c2cc(C3CCCCC3)cc(C3CCCCC3)c2N(c2ccccc2)c2cc1c1cc2C(OC)=C2CCC(CC2)c2cc(C3CCCCC3)cc(C3CCCCC3)c2N1c1ccccc1. The van der Waals surface area contributed by atoms with Crippen LogP contribution >= 0.6 is 0 Å². The molecule has 8 bridgehead atoms. The van der Waals surface area contributed by atoms with Crippen LogP contribution in [0, 0.1) is 0 Å². The van der Waals surface area contributed by atoms with Crippen LogP contribution in [0.25, 0.3) is 11.5 Å². The van der Waals surface area contributed by atoms with Gasteiger partial charge in [-0.05, 0) is 219 Å². The quantitative estimate of drug-likeness (QED) is 0.155. The second-order valence-electron chi connectivity index (χ2n) is 24.5. The van der Waals surface area contributed by atoms with E-state index in [9.17, 15) is 0 Å². The number of methoxy groups -OCH3 is 2. The number of anilines is 6. The number of rotatable bonds is 8. The highest BCUT2D eigenvalue weighted by molar-refractivity contribution is 5.96. The lowest BCUT2D eigenvalue weighted by Gasteiger charge is -2.39. The van der Waals surface area contributed by atoms with Gasteiger partial charge in [-0.1, -0.05) is 138 Å². The fourth-order valence-electron chi connectivity index (χ4n) is 16.5. The molecule has 0 spiro atoms. The Labute approximate surface area is 445 Å². The number of benzene rings is 5. The van der Waals surface area contributed by atoms with Gasteiger partial charge in [-0.15, -0.1) is 0 Å². The van der Waals surface area contributed by atoms with Crippen LogP contribution in [0.5, 0.6) is 0 Å². The topological polar surface area (TPSA) is 24.9 Å². The van der Waals surface area contributed by atoms with E-state index in [1.807, 2.05) is 14.2 Å². The molecule has 15 rings (SSSR count). The van der Waals surface area contributed by atoms with Gasteiger partial charge in [0, 0.05) is 22.5 Å². The summed E-state index contributed by atoms with van der Waals surface area (Å²) in [6, 6.07) is 39.5. The smallest absolute Gasteiger partial charge is 0.127 e. The standard InChI is InChI=1S/C70H84N2O2/c1-73-69-53-37-33-51(34-38-53)61-43-56(48-23-11-4-12-24-48)42-60(50-27-15-6-16-28-50)68(61)72(58-31-19-8-20-32-58)66-45-63(69)65-46-64(66)70(74-2)54-39-35-52(36-40-54)62-44-55(47-21-9-3-10-22-47)41-59(49-25-13-5-14-26-49)67(62)71(65)57-29-17-7-18-30-57/h7-8,17-20,29-32,41-52H,3-6,9-16,21-28,33-40H2,1-2H3. The van der Waals surface area contributed by atoms with Crippen LogP contribution in [0.1, 0.15) is 260 Å². The summed E-state index contributed by atoms with van der Waals surface area (Å²) in [7, 11) is 3.96. The van der Waals surface area contributed by atoms with Gasteiger partial charge in [0.1, 0.15) is 11.5 Å². The Balaban J connectivity index is 1.16. The lowest BCUT2D eigenvalue weighted by atomic mass is 9.74. The van der Waals surface area contributed by atoms with E-state index in [2.05, 4.69) is 107 Å². The minimum atomic E-state index is 0.466. The number of hydrogen-bond donors (Lipinski definition) is 0. The van der Waals surface area contributed by atoms with Crippen molar-refractivity contribution in [2.75, 3.05) is 24.0 Å². The zero-order valence-corrected chi connectivity index (χ0v) is 45.2. The first-order valence-corrected chi connectivity index (χ1v) is 30.4. The van der Waals surface area contributed by atoms with E-state index in [0.29, 0.717) is 35.5 Å². The molecule has 0 saturated heterocycles. The van der Waals surface area contributed by atoms with E-state index in [1.165, 1.54) is 185 Å². The fourth-order valence-corrected chi connectivity index (χ4v) is 16.5. The summed E-state index contributed by atoms with van der Waals surface area (Å²) in [5.41, 5.74) is 23.0. The van der Waals surface area contributed by atoms with Crippen molar-refractivity contribution >= 4 is 45.6 Å². The third-order valence-corrected chi connectivity index (χ3v) is 20.3.